The minimum Gasteiger partial charge on any atom is -0.497 e. The third-order valence-corrected chi connectivity index (χ3v) is 13.1. The molecule has 0 aliphatic carbocycles. The van der Waals surface area contributed by atoms with Crippen molar-refractivity contribution in [2.75, 3.05) is 42.5 Å². The van der Waals surface area contributed by atoms with Crippen LogP contribution in [-0.4, -0.2) is 105 Å². The van der Waals surface area contributed by atoms with E-state index in [1.807, 2.05) is 24.3 Å². The number of aromatic nitrogens is 4. The van der Waals surface area contributed by atoms with Crippen molar-refractivity contribution in [3.63, 3.8) is 0 Å². The fourth-order valence-corrected chi connectivity index (χ4v) is 8.93. The second kappa shape index (κ2) is 21.6. The van der Waals surface area contributed by atoms with Crippen LogP contribution >= 0.6 is 0 Å². The number of aryl methyl sites for hydroxylation is 2. The van der Waals surface area contributed by atoms with Gasteiger partial charge in [0.2, 0.25) is 5.88 Å². The molecule has 0 N–H and O–H groups in total. The van der Waals surface area contributed by atoms with Crippen LogP contribution < -0.4 is 23.7 Å². The van der Waals surface area contributed by atoms with Gasteiger partial charge in [0.05, 0.1) is 28.4 Å². The molecule has 2 heterocycles. The largest absolute Gasteiger partial charge is 0.497 e. The lowest BCUT2D eigenvalue weighted by Gasteiger charge is -2.21. The Hall–Kier alpha value is -6.74. The molecule has 18 nitrogen and oxygen atoms in total. The van der Waals surface area contributed by atoms with E-state index in [9.17, 15) is 26.4 Å². The first-order valence-corrected chi connectivity index (χ1v) is 22.3. The molecule has 64 heavy (non-hydrogen) atoms. The Balaban J connectivity index is 0.000000241. The molecule has 0 unspecified atom stereocenters. The summed E-state index contributed by atoms with van der Waals surface area (Å²) in [6, 6.07) is 31.2. The van der Waals surface area contributed by atoms with E-state index in [0.717, 1.165) is 22.3 Å². The highest BCUT2D eigenvalue weighted by molar-refractivity contribution is 7.89. The number of sulfonamides is 2. The highest BCUT2D eigenvalue weighted by atomic mass is 32.2. The van der Waals surface area contributed by atoms with Crippen molar-refractivity contribution in [3.05, 3.63) is 137 Å². The lowest BCUT2D eigenvalue weighted by molar-refractivity contribution is -0.121. The Morgan fingerprint density at radius 1 is 0.547 bits per heavy atom. The Bertz CT molecular complexity index is 2610. The molecule has 2 aromatic heterocycles. The predicted molar refractivity (Wildman–Crippen MR) is 236 cm³/mol. The van der Waals surface area contributed by atoms with Crippen molar-refractivity contribution in [2.24, 2.45) is 14.1 Å². The lowest BCUT2D eigenvalue weighted by Crippen LogP contribution is -2.30. The van der Waals surface area contributed by atoms with Gasteiger partial charge in [0.25, 0.3) is 32.4 Å². The Morgan fingerprint density at radius 3 is 1.16 bits per heavy atom. The highest BCUT2D eigenvalue weighted by Gasteiger charge is 2.31. The quantitative estimate of drug-likeness (QED) is 0.0998. The average Bonchev–Trinajstić information content (AvgIpc) is 3.89. The number of hydrogen-bond donors (Lipinski definition) is 0. The predicted octanol–water partition coefficient (Wildman–Crippen LogP) is 4.89. The number of amides is 1. The second-order valence-corrected chi connectivity index (χ2v) is 18.1. The topological polar surface area (TPSA) is 194 Å². The van der Waals surface area contributed by atoms with Crippen LogP contribution in [0.3, 0.4) is 0 Å². The van der Waals surface area contributed by atoms with Gasteiger partial charge in [0, 0.05) is 66.5 Å². The molecule has 0 atom stereocenters. The molecule has 20 heteroatoms. The maximum Gasteiger partial charge on any atom is 0.299 e. The average molecular weight is 918 g/mol. The number of methoxy groups -OCH3 is 4. The molecule has 1 amide bonds. The molecule has 0 aliphatic heterocycles. The molecular weight excluding hydrogens is 867 g/mol. The van der Waals surface area contributed by atoms with Crippen LogP contribution in [-0.2, 0) is 65.1 Å². The van der Waals surface area contributed by atoms with Gasteiger partial charge in [-0.25, -0.2) is 21.5 Å². The maximum atomic E-state index is 13.6. The summed E-state index contributed by atoms with van der Waals surface area (Å²) in [6.07, 6.45) is 0. The molecule has 0 bridgehead atoms. The fraction of sp³-hybridized carbons (Fsp3) is 0.273. The number of ether oxygens (including phenoxy) is 5. The van der Waals surface area contributed by atoms with Crippen LogP contribution in [0.4, 0.5) is 0 Å². The summed E-state index contributed by atoms with van der Waals surface area (Å²) < 4.78 is 84.7. The molecular formula is C44H51N7O11S2. The number of nitrogens with zero attached hydrogens (tertiary/aromatic N) is 7. The summed E-state index contributed by atoms with van der Waals surface area (Å²) in [6.45, 7) is 0.676. The van der Waals surface area contributed by atoms with E-state index in [1.165, 1.54) is 42.1 Å². The summed E-state index contributed by atoms with van der Waals surface area (Å²) in [4.78, 5) is 24.4. The van der Waals surface area contributed by atoms with E-state index in [2.05, 4.69) is 10.2 Å². The van der Waals surface area contributed by atoms with Gasteiger partial charge in [0.1, 0.15) is 28.7 Å². The van der Waals surface area contributed by atoms with Gasteiger partial charge in [-0.1, -0.05) is 48.5 Å². The van der Waals surface area contributed by atoms with Crippen molar-refractivity contribution < 1.29 is 50.1 Å². The van der Waals surface area contributed by atoms with Crippen molar-refractivity contribution in [3.8, 4) is 28.9 Å². The van der Waals surface area contributed by atoms with E-state index in [1.54, 1.807) is 122 Å². The SMILES string of the molecule is COc1ccc(CN(Cc2ccc(OC)cc2)S(=O)(=O)c2cc(C(=O)N(C)C)n(C)n2)cc1.COc1ccc(CN(Cc2ccc(OC)cc2)S(=O)(=O)c2cc(OC=O)n(C)n2)cc1. The fourth-order valence-electron chi connectivity index (χ4n) is 6.16. The van der Waals surface area contributed by atoms with Crippen LogP contribution in [0.25, 0.3) is 0 Å². The molecule has 6 rings (SSSR count). The summed E-state index contributed by atoms with van der Waals surface area (Å²) >= 11 is 0. The standard InChI is InChI=1S/C23H28N4O5S.C21H23N3O6S/c1-25(2)23(28)21-14-22(24-26(21)3)33(29,30)27(15-17-6-10-19(31-4)11-7-17)16-18-8-12-20(32-5)13-9-18;1-23-21(30-15-25)12-20(22-23)31(26,27)24(13-16-4-8-18(28-2)9-5-16)14-17-6-10-19(29-3)11-7-17/h6-14H,15-16H2,1-5H3;4-12,15H,13-14H2,1-3H3. The van der Waals surface area contributed by atoms with Gasteiger partial charge in [-0.05, 0) is 70.8 Å². The van der Waals surface area contributed by atoms with Crippen molar-refractivity contribution in [1.82, 2.24) is 33.1 Å². The molecule has 0 saturated carbocycles. The van der Waals surface area contributed by atoms with Crippen LogP contribution in [0.15, 0.2) is 119 Å². The summed E-state index contributed by atoms with van der Waals surface area (Å²) in [5.74, 6) is 2.41. The zero-order valence-corrected chi connectivity index (χ0v) is 38.4. The summed E-state index contributed by atoms with van der Waals surface area (Å²) in [5.41, 5.74) is 3.31. The molecule has 0 spiro atoms. The third kappa shape index (κ3) is 12.0. The Morgan fingerprint density at radius 2 is 0.859 bits per heavy atom. The van der Waals surface area contributed by atoms with E-state index >= 15 is 0 Å². The van der Waals surface area contributed by atoms with E-state index < -0.39 is 20.0 Å². The summed E-state index contributed by atoms with van der Waals surface area (Å²) in [7, 11) is 4.49. The second-order valence-electron chi connectivity index (χ2n) is 14.3. The zero-order valence-electron chi connectivity index (χ0n) is 36.7. The first-order valence-electron chi connectivity index (χ1n) is 19.4. The van der Waals surface area contributed by atoms with Crippen molar-refractivity contribution >= 4 is 32.4 Å². The first-order chi connectivity index (χ1) is 30.5. The molecule has 4 aromatic carbocycles. The molecule has 6 aromatic rings. The smallest absolute Gasteiger partial charge is 0.299 e. The Labute approximate surface area is 373 Å². The molecule has 0 radical (unpaired) electrons. The van der Waals surface area contributed by atoms with Crippen molar-refractivity contribution in [2.45, 2.75) is 36.2 Å². The van der Waals surface area contributed by atoms with E-state index in [4.69, 9.17) is 23.7 Å². The van der Waals surface area contributed by atoms with Crippen LogP contribution in [0.1, 0.15) is 32.7 Å². The van der Waals surface area contributed by atoms with Crippen molar-refractivity contribution in [1.29, 1.82) is 0 Å². The van der Waals surface area contributed by atoms with Crippen LogP contribution in [0.5, 0.6) is 28.9 Å². The van der Waals surface area contributed by atoms with Gasteiger partial charge in [-0.15, -0.1) is 0 Å². The maximum absolute atomic E-state index is 13.6. The van der Waals surface area contributed by atoms with Gasteiger partial charge < -0.3 is 28.6 Å². The van der Waals surface area contributed by atoms with Gasteiger partial charge in [0.15, 0.2) is 10.1 Å². The van der Waals surface area contributed by atoms with Crippen LogP contribution in [0.2, 0.25) is 0 Å². The normalized spacial score (nSPS) is 11.4. The molecule has 0 fully saturated rings. The number of carbonyl (C=O) groups is 2. The van der Waals surface area contributed by atoms with Gasteiger partial charge >= 0.3 is 0 Å². The van der Waals surface area contributed by atoms with E-state index in [0.29, 0.717) is 23.0 Å². The minimum absolute atomic E-state index is 0.0300. The number of rotatable bonds is 19. The van der Waals surface area contributed by atoms with E-state index in [-0.39, 0.29) is 60.2 Å². The Kier molecular flexibility index (Phi) is 16.3. The lowest BCUT2D eigenvalue weighted by atomic mass is 10.2. The number of hydrogen-bond acceptors (Lipinski definition) is 13. The number of benzene rings is 4. The minimum atomic E-state index is -4.02. The monoisotopic (exact) mass is 917 g/mol. The zero-order chi connectivity index (χ0) is 46.6. The third-order valence-electron chi connectivity index (χ3n) is 9.75. The molecule has 0 saturated heterocycles. The van der Waals surface area contributed by atoms with Crippen LogP contribution in [0, 0.1) is 0 Å². The molecule has 0 aliphatic rings. The number of carbonyl (C=O) groups excluding carboxylic acids is 2. The van der Waals surface area contributed by atoms with Gasteiger partial charge in [-0.2, -0.15) is 18.8 Å². The molecule has 340 valence electrons. The first kappa shape index (κ1) is 48.3. The van der Waals surface area contributed by atoms with Gasteiger partial charge in [-0.3, -0.25) is 14.3 Å². The summed E-state index contributed by atoms with van der Waals surface area (Å²) in [5, 5.41) is 7.77. The highest BCUT2D eigenvalue weighted by Crippen LogP contribution is 2.26.